The van der Waals surface area contributed by atoms with E-state index in [0.717, 1.165) is 24.1 Å². The first kappa shape index (κ1) is 23.4. The van der Waals surface area contributed by atoms with Gasteiger partial charge in [-0.25, -0.2) is 4.68 Å². The summed E-state index contributed by atoms with van der Waals surface area (Å²) in [5.41, 5.74) is -0.640. The molecule has 5 aliphatic rings. The number of alkyl halides is 6. The topological polar surface area (TPSA) is 39.9 Å². The minimum absolute atomic E-state index is 0.0756. The van der Waals surface area contributed by atoms with E-state index in [9.17, 15) is 26.3 Å². The second kappa shape index (κ2) is 7.29. The summed E-state index contributed by atoms with van der Waals surface area (Å²) in [5, 5.41) is 7.18. The molecule has 1 aromatic rings. The number of allylic oxidation sites excluding steroid dienone is 6. The predicted molar refractivity (Wildman–Crippen MR) is 128 cm³/mol. The number of aliphatic imine (C=N–C) groups is 1. The summed E-state index contributed by atoms with van der Waals surface area (Å²) < 4.78 is 85.3. The lowest BCUT2D eigenvalue weighted by Gasteiger charge is -2.44. The molecule has 5 aliphatic heterocycles. The van der Waals surface area contributed by atoms with Crippen molar-refractivity contribution in [2.45, 2.75) is 38.4 Å². The highest BCUT2D eigenvalue weighted by molar-refractivity contribution is 14.1. The first-order valence-corrected chi connectivity index (χ1v) is 11.8. The van der Waals surface area contributed by atoms with E-state index in [2.05, 4.69) is 33.0 Å². The van der Waals surface area contributed by atoms with Gasteiger partial charge < -0.3 is 0 Å². The van der Waals surface area contributed by atoms with Crippen molar-refractivity contribution in [1.82, 2.24) is 17.9 Å². The summed E-state index contributed by atoms with van der Waals surface area (Å²) in [6.45, 7) is 3.93. The maximum Gasteiger partial charge on any atom is 0.435 e. The second-order valence-electron chi connectivity index (χ2n) is 9.28. The number of hydrazine groups is 1. The van der Waals surface area contributed by atoms with Crippen LogP contribution in [0.15, 0.2) is 82.0 Å². The molecule has 0 fully saturated rings. The minimum Gasteiger partial charge on any atom is -0.291 e. The molecule has 6 nitrogen and oxygen atoms in total. The highest BCUT2D eigenvalue weighted by atomic mass is 127. The molecule has 0 saturated heterocycles. The first-order valence-electron chi connectivity index (χ1n) is 10.9. The Morgan fingerprint density at radius 2 is 1.72 bits per heavy atom. The van der Waals surface area contributed by atoms with Crippen LogP contribution in [0.4, 0.5) is 32.2 Å². The van der Waals surface area contributed by atoms with Gasteiger partial charge in [0, 0.05) is 29.0 Å². The maximum absolute atomic E-state index is 13.8. The molecular weight excluding hydrogens is 601 g/mol. The molecule has 2 bridgehead atoms. The zero-order valence-corrected chi connectivity index (χ0v) is 20.8. The minimum atomic E-state index is -4.72. The van der Waals surface area contributed by atoms with Gasteiger partial charge in [-0.1, -0.05) is 12.2 Å². The molecule has 1 aromatic heterocycles. The fourth-order valence-corrected chi connectivity index (χ4v) is 6.26. The van der Waals surface area contributed by atoms with Crippen LogP contribution in [0.3, 0.4) is 0 Å². The standard InChI is InChI=1S/C23H17F6IN6/c1-21(2)17-6-4-8-19(33(17)30)34-20(10-16(32-34)23(27,28)29)36-14-11-31-15(22(24,25)26)9-12(14)13-5-3-7-18(21)35(13)36/h3-11,14,19H,1-2H3. The summed E-state index contributed by atoms with van der Waals surface area (Å²) in [5.74, 6) is 0.0756. The number of hydrogen-bond donors (Lipinski definition) is 0. The molecule has 6 rings (SSSR count). The summed E-state index contributed by atoms with van der Waals surface area (Å²) >= 11 is 2.07. The van der Waals surface area contributed by atoms with Crippen LogP contribution in [-0.4, -0.2) is 36.3 Å². The molecule has 0 radical (unpaired) electrons. The Kier molecular flexibility index (Phi) is 4.75. The number of hydrogen-bond acceptors (Lipinski definition) is 5. The lowest BCUT2D eigenvalue weighted by atomic mass is 9.82. The molecule has 36 heavy (non-hydrogen) atoms. The molecule has 0 saturated carbocycles. The third-order valence-electron chi connectivity index (χ3n) is 6.77. The van der Waals surface area contributed by atoms with Crippen molar-refractivity contribution in [2.75, 3.05) is 5.01 Å². The van der Waals surface area contributed by atoms with Gasteiger partial charge in [0.15, 0.2) is 11.9 Å². The molecule has 188 valence electrons. The Labute approximate surface area is 215 Å². The Bertz CT molecular complexity index is 1390. The van der Waals surface area contributed by atoms with Crippen molar-refractivity contribution in [3.63, 3.8) is 0 Å². The van der Waals surface area contributed by atoms with E-state index >= 15 is 0 Å². The van der Waals surface area contributed by atoms with E-state index in [1.54, 1.807) is 34.3 Å². The quantitative estimate of drug-likeness (QED) is 0.198. The van der Waals surface area contributed by atoms with Crippen LogP contribution in [0.25, 0.3) is 0 Å². The fourth-order valence-electron chi connectivity index (χ4n) is 5.08. The zero-order chi connectivity index (χ0) is 25.8. The van der Waals surface area contributed by atoms with Crippen LogP contribution in [-0.2, 0) is 6.18 Å². The van der Waals surface area contributed by atoms with Crippen LogP contribution in [0.2, 0.25) is 0 Å². The van der Waals surface area contributed by atoms with Crippen molar-refractivity contribution >= 4 is 34.9 Å². The fraction of sp³-hybridized carbons (Fsp3) is 0.304. The number of fused-ring (bicyclic) bond motifs is 7. The Hall–Kier alpha value is -2.97. The summed E-state index contributed by atoms with van der Waals surface area (Å²) in [6, 6.07) is 0.0604. The van der Waals surface area contributed by atoms with Gasteiger partial charge in [0.25, 0.3) is 0 Å². The molecule has 2 atom stereocenters. The largest absolute Gasteiger partial charge is 0.435 e. The van der Waals surface area contributed by atoms with Gasteiger partial charge in [-0.3, -0.25) is 18.1 Å². The van der Waals surface area contributed by atoms with E-state index in [-0.39, 0.29) is 11.4 Å². The maximum atomic E-state index is 13.8. The van der Waals surface area contributed by atoms with Crippen molar-refractivity contribution in [2.24, 2.45) is 10.4 Å². The van der Waals surface area contributed by atoms with Crippen molar-refractivity contribution in [3.05, 3.63) is 82.7 Å². The average molecular weight is 618 g/mol. The van der Waals surface area contributed by atoms with E-state index in [1.165, 1.54) is 4.68 Å². The van der Waals surface area contributed by atoms with Gasteiger partial charge in [-0.2, -0.15) is 31.4 Å². The smallest absolute Gasteiger partial charge is 0.291 e. The lowest BCUT2D eigenvalue weighted by Crippen LogP contribution is -2.47. The highest BCUT2D eigenvalue weighted by Gasteiger charge is 2.51. The SMILES string of the molecule is CC1(C)C2=CC=CC(N2I)n2nc(C(F)(F)F)cc2N2C3C=NC(C(F)(F)F)=CC3=C3C=CC=C1N32. The summed E-state index contributed by atoms with van der Waals surface area (Å²) in [7, 11) is 0. The number of anilines is 1. The number of aromatic nitrogens is 2. The average Bonchev–Trinajstić information content (AvgIpc) is 3.37. The Balaban J connectivity index is 1.65. The van der Waals surface area contributed by atoms with Crippen molar-refractivity contribution in [3.8, 4) is 0 Å². The van der Waals surface area contributed by atoms with Gasteiger partial charge in [-0.05, 0) is 44.2 Å². The van der Waals surface area contributed by atoms with Gasteiger partial charge in [0.1, 0.15) is 17.6 Å². The lowest BCUT2D eigenvalue weighted by molar-refractivity contribution is -0.141. The number of rotatable bonds is 0. The molecule has 2 unspecified atom stereocenters. The van der Waals surface area contributed by atoms with Crippen molar-refractivity contribution < 1.29 is 26.3 Å². The van der Waals surface area contributed by atoms with Gasteiger partial charge in [0.05, 0.1) is 34.3 Å². The van der Waals surface area contributed by atoms with E-state index in [4.69, 9.17) is 0 Å². The van der Waals surface area contributed by atoms with E-state index in [1.807, 2.05) is 29.1 Å². The monoisotopic (exact) mass is 618 g/mol. The third-order valence-corrected chi connectivity index (χ3v) is 7.86. The van der Waals surface area contributed by atoms with Gasteiger partial charge in [0.2, 0.25) is 0 Å². The second-order valence-corrected chi connectivity index (χ2v) is 10.3. The predicted octanol–water partition coefficient (Wildman–Crippen LogP) is 6.19. The normalized spacial score (nSPS) is 26.0. The van der Waals surface area contributed by atoms with E-state index in [0.29, 0.717) is 11.4 Å². The van der Waals surface area contributed by atoms with Crippen LogP contribution in [0, 0.1) is 5.41 Å². The van der Waals surface area contributed by atoms with E-state index < -0.39 is 41.4 Å². The van der Waals surface area contributed by atoms with Crippen molar-refractivity contribution in [1.29, 1.82) is 0 Å². The van der Waals surface area contributed by atoms with Gasteiger partial charge >= 0.3 is 12.4 Å². The van der Waals surface area contributed by atoms with Gasteiger partial charge in [-0.15, -0.1) is 0 Å². The summed E-state index contributed by atoms with van der Waals surface area (Å²) in [6.07, 6.45) is 2.62. The highest BCUT2D eigenvalue weighted by Crippen LogP contribution is 2.53. The first-order chi connectivity index (χ1) is 16.8. The Morgan fingerprint density at radius 1 is 1.00 bits per heavy atom. The molecule has 6 heterocycles. The Morgan fingerprint density at radius 3 is 2.42 bits per heavy atom. The van der Waals surface area contributed by atoms with Crippen LogP contribution in [0.1, 0.15) is 25.7 Å². The van der Waals surface area contributed by atoms with Crippen LogP contribution < -0.4 is 5.01 Å². The van der Waals surface area contributed by atoms with Crippen LogP contribution in [0.5, 0.6) is 0 Å². The molecular formula is C23H17F6IN6. The third kappa shape index (κ3) is 3.16. The van der Waals surface area contributed by atoms with Crippen LogP contribution >= 0.6 is 22.9 Å². The molecule has 13 heteroatoms. The zero-order valence-electron chi connectivity index (χ0n) is 18.7. The number of halogens is 7. The number of nitrogens with zero attached hydrogens (tertiary/aromatic N) is 6. The molecule has 0 aliphatic carbocycles. The molecule has 0 aromatic carbocycles. The molecule has 0 spiro atoms. The summed E-state index contributed by atoms with van der Waals surface area (Å²) in [4.78, 5) is 3.65. The molecule has 0 N–H and O–H groups in total. The molecule has 0 amide bonds.